The summed E-state index contributed by atoms with van der Waals surface area (Å²) in [7, 11) is 0. The van der Waals surface area contributed by atoms with E-state index in [-0.39, 0.29) is 11.9 Å². The SMILES string of the molecule is Cc1ccc(CN(C(=O)c2cc(I)ccc2Br)C(C)C)o1. The number of benzene rings is 1. The van der Waals surface area contributed by atoms with Gasteiger partial charge >= 0.3 is 0 Å². The van der Waals surface area contributed by atoms with Crippen molar-refractivity contribution in [1.82, 2.24) is 4.90 Å². The molecule has 1 heterocycles. The maximum Gasteiger partial charge on any atom is 0.255 e. The van der Waals surface area contributed by atoms with Crippen LogP contribution in [0.5, 0.6) is 0 Å². The van der Waals surface area contributed by atoms with Crippen LogP contribution in [0.4, 0.5) is 0 Å². The van der Waals surface area contributed by atoms with E-state index >= 15 is 0 Å². The van der Waals surface area contributed by atoms with Crippen molar-refractivity contribution >= 4 is 44.4 Å². The van der Waals surface area contributed by atoms with Gasteiger partial charge in [-0.2, -0.15) is 0 Å². The Morgan fingerprint density at radius 1 is 1.33 bits per heavy atom. The Morgan fingerprint density at radius 3 is 2.62 bits per heavy atom. The highest BCUT2D eigenvalue weighted by Gasteiger charge is 2.22. The van der Waals surface area contributed by atoms with E-state index < -0.39 is 0 Å². The fourth-order valence-corrected chi connectivity index (χ4v) is 2.95. The van der Waals surface area contributed by atoms with Gasteiger partial charge in [0.05, 0.1) is 12.1 Å². The lowest BCUT2D eigenvalue weighted by atomic mass is 10.1. The zero-order valence-corrected chi connectivity index (χ0v) is 15.9. The molecule has 3 nitrogen and oxygen atoms in total. The van der Waals surface area contributed by atoms with E-state index in [4.69, 9.17) is 4.42 Å². The highest BCUT2D eigenvalue weighted by Crippen LogP contribution is 2.23. The van der Waals surface area contributed by atoms with Crippen LogP contribution in [0, 0.1) is 10.5 Å². The first-order chi connectivity index (χ1) is 9.88. The van der Waals surface area contributed by atoms with Crippen molar-refractivity contribution in [2.75, 3.05) is 0 Å². The summed E-state index contributed by atoms with van der Waals surface area (Å²) in [6, 6.07) is 9.70. The van der Waals surface area contributed by atoms with Gasteiger partial charge in [-0.1, -0.05) is 0 Å². The summed E-state index contributed by atoms with van der Waals surface area (Å²) >= 11 is 5.68. The van der Waals surface area contributed by atoms with Crippen LogP contribution in [0.25, 0.3) is 0 Å². The van der Waals surface area contributed by atoms with E-state index in [0.717, 1.165) is 19.6 Å². The van der Waals surface area contributed by atoms with E-state index in [0.29, 0.717) is 12.1 Å². The zero-order valence-electron chi connectivity index (χ0n) is 12.2. The van der Waals surface area contributed by atoms with Crippen LogP contribution in [-0.4, -0.2) is 16.8 Å². The van der Waals surface area contributed by atoms with Crippen molar-refractivity contribution in [3.05, 3.63) is 55.5 Å². The lowest BCUT2D eigenvalue weighted by molar-refractivity contribution is 0.0674. The van der Waals surface area contributed by atoms with Crippen molar-refractivity contribution in [2.45, 2.75) is 33.4 Å². The van der Waals surface area contributed by atoms with E-state index in [1.165, 1.54) is 0 Å². The van der Waals surface area contributed by atoms with Gasteiger partial charge < -0.3 is 9.32 Å². The molecule has 0 unspecified atom stereocenters. The fourth-order valence-electron chi connectivity index (χ4n) is 2.04. The summed E-state index contributed by atoms with van der Waals surface area (Å²) in [5.41, 5.74) is 0.680. The molecule has 0 radical (unpaired) electrons. The monoisotopic (exact) mass is 461 g/mol. The second-order valence-corrected chi connectivity index (χ2v) is 7.26. The predicted octanol–water partition coefficient (Wildman–Crippen LogP) is 5.01. The van der Waals surface area contributed by atoms with Crippen LogP contribution in [0.15, 0.2) is 39.2 Å². The number of rotatable bonds is 4. The first-order valence-electron chi connectivity index (χ1n) is 6.70. The smallest absolute Gasteiger partial charge is 0.255 e. The standard InChI is InChI=1S/C16H17BrINO2/c1-10(2)19(9-13-6-4-11(3)21-13)16(20)14-8-12(18)5-7-15(14)17/h4-8,10H,9H2,1-3H3. The first kappa shape index (κ1) is 16.5. The number of hydrogen-bond acceptors (Lipinski definition) is 2. The number of hydrogen-bond donors (Lipinski definition) is 0. The van der Waals surface area contributed by atoms with Crippen molar-refractivity contribution in [1.29, 1.82) is 0 Å². The molecule has 0 spiro atoms. The Kier molecular flexibility index (Phi) is 5.48. The molecule has 0 atom stereocenters. The van der Waals surface area contributed by atoms with Gasteiger partial charge in [-0.05, 0) is 89.6 Å². The first-order valence-corrected chi connectivity index (χ1v) is 8.57. The molecule has 0 bridgehead atoms. The van der Waals surface area contributed by atoms with Gasteiger partial charge in [-0.15, -0.1) is 0 Å². The Bertz CT molecular complexity index is 651. The Hall–Kier alpha value is -0.820. The summed E-state index contributed by atoms with van der Waals surface area (Å²) in [5, 5.41) is 0. The molecular formula is C16H17BrINO2. The molecule has 0 aliphatic rings. The molecule has 2 aromatic rings. The zero-order chi connectivity index (χ0) is 15.6. The van der Waals surface area contributed by atoms with Gasteiger partial charge in [0, 0.05) is 14.1 Å². The third kappa shape index (κ3) is 4.10. The largest absolute Gasteiger partial charge is 0.464 e. The molecule has 1 amide bonds. The molecule has 112 valence electrons. The van der Waals surface area contributed by atoms with E-state index in [9.17, 15) is 4.79 Å². The van der Waals surface area contributed by atoms with Crippen molar-refractivity contribution < 1.29 is 9.21 Å². The van der Waals surface area contributed by atoms with Crippen LogP contribution in [-0.2, 0) is 6.54 Å². The molecule has 0 N–H and O–H groups in total. The number of aryl methyl sites for hydroxylation is 1. The Balaban J connectivity index is 2.29. The van der Waals surface area contributed by atoms with E-state index in [1.807, 2.05) is 56.0 Å². The van der Waals surface area contributed by atoms with Crippen molar-refractivity contribution in [3.63, 3.8) is 0 Å². The van der Waals surface area contributed by atoms with Crippen LogP contribution in [0.2, 0.25) is 0 Å². The summed E-state index contributed by atoms with van der Waals surface area (Å²) in [5.74, 6) is 1.66. The summed E-state index contributed by atoms with van der Waals surface area (Å²) in [6.07, 6.45) is 0. The molecule has 1 aromatic heterocycles. The Morgan fingerprint density at radius 2 is 2.05 bits per heavy atom. The lowest BCUT2D eigenvalue weighted by Gasteiger charge is -2.26. The number of carbonyl (C=O) groups excluding carboxylic acids is 1. The number of nitrogens with zero attached hydrogens (tertiary/aromatic N) is 1. The predicted molar refractivity (Wildman–Crippen MR) is 95.3 cm³/mol. The maximum absolute atomic E-state index is 12.8. The molecule has 0 aliphatic carbocycles. The number of furan rings is 1. The molecule has 1 aromatic carbocycles. The van der Waals surface area contributed by atoms with E-state index in [1.54, 1.807) is 0 Å². The molecule has 0 fully saturated rings. The van der Waals surface area contributed by atoms with Crippen molar-refractivity contribution in [2.24, 2.45) is 0 Å². The summed E-state index contributed by atoms with van der Waals surface area (Å²) in [4.78, 5) is 14.6. The molecule has 0 saturated carbocycles. The minimum absolute atomic E-state index is 0.00411. The van der Waals surface area contributed by atoms with Gasteiger partial charge in [-0.3, -0.25) is 4.79 Å². The lowest BCUT2D eigenvalue weighted by Crippen LogP contribution is -2.36. The minimum Gasteiger partial charge on any atom is -0.464 e. The van der Waals surface area contributed by atoms with Gasteiger partial charge in [0.25, 0.3) is 5.91 Å². The molecular weight excluding hydrogens is 445 g/mol. The highest BCUT2D eigenvalue weighted by molar-refractivity contribution is 14.1. The second-order valence-electron chi connectivity index (χ2n) is 5.16. The van der Waals surface area contributed by atoms with Crippen LogP contribution in [0.3, 0.4) is 0 Å². The van der Waals surface area contributed by atoms with Crippen LogP contribution >= 0.6 is 38.5 Å². The van der Waals surface area contributed by atoms with Gasteiger partial charge in [0.15, 0.2) is 0 Å². The van der Waals surface area contributed by atoms with Gasteiger partial charge in [0.2, 0.25) is 0 Å². The number of amides is 1. The molecule has 0 saturated heterocycles. The maximum atomic E-state index is 12.8. The number of carbonyl (C=O) groups is 1. The topological polar surface area (TPSA) is 33.5 Å². The Labute approximate surface area is 147 Å². The summed E-state index contributed by atoms with van der Waals surface area (Å²) < 4.78 is 7.45. The fraction of sp³-hybridized carbons (Fsp3) is 0.312. The van der Waals surface area contributed by atoms with Crippen molar-refractivity contribution in [3.8, 4) is 0 Å². The van der Waals surface area contributed by atoms with Gasteiger partial charge in [0.1, 0.15) is 11.5 Å². The van der Waals surface area contributed by atoms with Gasteiger partial charge in [-0.25, -0.2) is 0 Å². The van der Waals surface area contributed by atoms with Crippen LogP contribution < -0.4 is 0 Å². The average Bonchev–Trinajstić information content (AvgIpc) is 2.83. The van der Waals surface area contributed by atoms with Crippen LogP contribution in [0.1, 0.15) is 35.7 Å². The average molecular weight is 462 g/mol. The molecule has 5 heteroatoms. The number of halogens is 2. The third-order valence-electron chi connectivity index (χ3n) is 3.17. The quantitative estimate of drug-likeness (QED) is 0.600. The molecule has 2 rings (SSSR count). The second kappa shape index (κ2) is 6.96. The van der Waals surface area contributed by atoms with E-state index in [2.05, 4.69) is 38.5 Å². The normalized spacial score (nSPS) is 11.0. The summed E-state index contributed by atoms with van der Waals surface area (Å²) in [6.45, 7) is 6.40. The molecule has 21 heavy (non-hydrogen) atoms. The minimum atomic E-state index is 0.00411. The highest BCUT2D eigenvalue weighted by atomic mass is 127. The molecule has 0 aliphatic heterocycles. The third-order valence-corrected chi connectivity index (χ3v) is 4.53.